The van der Waals surface area contributed by atoms with Crippen molar-refractivity contribution in [2.45, 2.75) is 38.6 Å². The standard InChI is InChI=1S/C31H31F5N2O4/c1-4-13-38(3)15-22-17(2)29(20-9-7-19(16-39)8-10-20)42-31(41-22)21-11-5-18(6-12-21)14-37-30(40)23-24(32)26(34)28(36)27(35)25(23)33/h4-12,17,22,29,31,39H,1,13-16H2,2-3H3,(H,37,40)/t17-,22+,29+,31+/m0/s1. The van der Waals surface area contributed by atoms with E-state index in [9.17, 15) is 31.9 Å². The molecule has 2 N–H and O–H groups in total. The van der Waals surface area contributed by atoms with Gasteiger partial charge in [0.1, 0.15) is 5.56 Å². The molecule has 0 spiro atoms. The predicted octanol–water partition coefficient (Wildman–Crippen LogP) is 5.71. The molecule has 0 aromatic heterocycles. The number of halogens is 5. The quantitative estimate of drug-likeness (QED) is 0.137. The first kappa shape index (κ1) is 31.3. The van der Waals surface area contributed by atoms with Crippen molar-refractivity contribution in [1.82, 2.24) is 10.2 Å². The van der Waals surface area contributed by atoms with E-state index in [0.29, 0.717) is 24.2 Å². The van der Waals surface area contributed by atoms with Crippen LogP contribution in [0.5, 0.6) is 0 Å². The van der Waals surface area contributed by atoms with Crippen LogP contribution in [0, 0.1) is 35.0 Å². The van der Waals surface area contributed by atoms with Crippen LogP contribution in [-0.4, -0.2) is 42.2 Å². The van der Waals surface area contributed by atoms with Gasteiger partial charge in [0.05, 0.1) is 18.8 Å². The van der Waals surface area contributed by atoms with Crippen LogP contribution in [-0.2, 0) is 22.6 Å². The highest BCUT2D eigenvalue weighted by molar-refractivity contribution is 5.94. The highest BCUT2D eigenvalue weighted by Gasteiger charge is 2.38. The van der Waals surface area contributed by atoms with Crippen molar-refractivity contribution in [3.05, 3.63) is 118 Å². The molecule has 0 saturated carbocycles. The summed E-state index contributed by atoms with van der Waals surface area (Å²) >= 11 is 0. The van der Waals surface area contributed by atoms with Crippen LogP contribution < -0.4 is 5.32 Å². The summed E-state index contributed by atoms with van der Waals surface area (Å²) < 4.78 is 81.0. The number of nitrogens with one attached hydrogen (secondary N) is 1. The molecule has 4 atom stereocenters. The number of rotatable bonds is 10. The topological polar surface area (TPSA) is 71.0 Å². The average molecular weight is 591 g/mol. The Balaban J connectivity index is 1.50. The van der Waals surface area contributed by atoms with Crippen LogP contribution in [0.3, 0.4) is 0 Å². The van der Waals surface area contributed by atoms with Crippen molar-refractivity contribution in [3.63, 3.8) is 0 Å². The molecule has 224 valence electrons. The Bertz CT molecular complexity index is 1390. The Morgan fingerprint density at radius 2 is 1.45 bits per heavy atom. The molecule has 3 aromatic carbocycles. The second-order valence-corrected chi connectivity index (χ2v) is 10.2. The number of aliphatic hydroxyl groups excluding tert-OH is 1. The summed E-state index contributed by atoms with van der Waals surface area (Å²) in [5.41, 5.74) is 1.33. The molecule has 1 fully saturated rings. The summed E-state index contributed by atoms with van der Waals surface area (Å²) in [5.74, 6) is -12.6. The zero-order chi connectivity index (χ0) is 30.6. The van der Waals surface area contributed by atoms with E-state index in [-0.39, 0.29) is 31.3 Å². The Morgan fingerprint density at radius 1 is 0.905 bits per heavy atom. The predicted molar refractivity (Wildman–Crippen MR) is 145 cm³/mol. The molecule has 0 aliphatic carbocycles. The van der Waals surface area contributed by atoms with Gasteiger partial charge in [-0.15, -0.1) is 6.58 Å². The maximum atomic E-state index is 14.0. The van der Waals surface area contributed by atoms with Gasteiger partial charge in [0, 0.05) is 31.1 Å². The number of nitrogens with zero attached hydrogens (tertiary/aromatic N) is 1. The lowest BCUT2D eigenvalue weighted by Crippen LogP contribution is -2.43. The maximum Gasteiger partial charge on any atom is 0.257 e. The smallest absolute Gasteiger partial charge is 0.257 e. The third-order valence-electron chi connectivity index (χ3n) is 7.20. The Hall–Kier alpha value is -3.64. The molecular formula is C31H31F5N2O4. The number of carbonyl (C=O) groups excluding carboxylic acids is 1. The fourth-order valence-corrected chi connectivity index (χ4v) is 4.80. The van der Waals surface area contributed by atoms with Crippen LogP contribution in [0.25, 0.3) is 0 Å². The molecule has 4 rings (SSSR count). The van der Waals surface area contributed by atoms with E-state index in [1.807, 2.05) is 38.2 Å². The van der Waals surface area contributed by atoms with Crippen LogP contribution in [0.4, 0.5) is 22.0 Å². The second-order valence-electron chi connectivity index (χ2n) is 10.2. The first-order chi connectivity index (χ1) is 20.0. The zero-order valence-electron chi connectivity index (χ0n) is 23.1. The summed E-state index contributed by atoms with van der Waals surface area (Å²) in [7, 11) is 1.96. The van der Waals surface area contributed by atoms with Crippen LogP contribution >= 0.6 is 0 Å². The number of amides is 1. The van der Waals surface area contributed by atoms with Gasteiger partial charge in [-0.25, -0.2) is 22.0 Å². The minimum atomic E-state index is -2.34. The van der Waals surface area contributed by atoms with Crippen molar-refractivity contribution in [3.8, 4) is 0 Å². The Labute approximate surface area is 240 Å². The maximum absolute atomic E-state index is 14.0. The van der Waals surface area contributed by atoms with E-state index in [4.69, 9.17) is 9.47 Å². The molecule has 0 bridgehead atoms. The van der Waals surface area contributed by atoms with Gasteiger partial charge in [0.15, 0.2) is 29.6 Å². The third-order valence-corrected chi connectivity index (χ3v) is 7.20. The number of ether oxygens (including phenoxy) is 2. The first-order valence-corrected chi connectivity index (χ1v) is 13.2. The molecule has 1 aliphatic heterocycles. The number of likely N-dealkylation sites (N-methyl/N-ethyl adjacent to an activating group) is 1. The van der Waals surface area contributed by atoms with Gasteiger partial charge < -0.3 is 24.8 Å². The van der Waals surface area contributed by atoms with Gasteiger partial charge >= 0.3 is 0 Å². The normalized spacial score (nSPS) is 20.5. The molecule has 0 unspecified atom stereocenters. The van der Waals surface area contributed by atoms with Crippen molar-refractivity contribution in [1.29, 1.82) is 0 Å². The summed E-state index contributed by atoms with van der Waals surface area (Å²) in [6.07, 6.45) is 0.522. The zero-order valence-corrected chi connectivity index (χ0v) is 23.1. The summed E-state index contributed by atoms with van der Waals surface area (Å²) in [6, 6.07) is 14.2. The molecule has 42 heavy (non-hydrogen) atoms. The Kier molecular flexibility index (Phi) is 10.1. The lowest BCUT2D eigenvalue weighted by atomic mass is 9.90. The largest absolute Gasteiger partial charge is 0.392 e. The molecule has 0 radical (unpaired) electrons. The minimum Gasteiger partial charge on any atom is -0.392 e. The number of aliphatic hydroxyl groups is 1. The fraction of sp³-hybridized carbons (Fsp3) is 0.323. The summed E-state index contributed by atoms with van der Waals surface area (Å²) in [5, 5.41) is 11.6. The second kappa shape index (κ2) is 13.6. The lowest BCUT2D eigenvalue weighted by molar-refractivity contribution is -0.275. The molecule has 1 amide bonds. The molecule has 3 aromatic rings. The SMILES string of the molecule is C=CCN(C)C[C@H]1O[C@@H](c2ccc(CNC(=O)c3c(F)c(F)c(F)c(F)c3F)cc2)O[C@@H](c2ccc(CO)cc2)[C@H]1C. The fourth-order valence-electron chi connectivity index (χ4n) is 4.80. The highest BCUT2D eigenvalue weighted by Crippen LogP contribution is 2.41. The van der Waals surface area contributed by atoms with Gasteiger partial charge in [-0.05, 0) is 23.7 Å². The highest BCUT2D eigenvalue weighted by atomic mass is 19.2. The van der Waals surface area contributed by atoms with Gasteiger partial charge in [0.25, 0.3) is 5.91 Å². The molecule has 11 heteroatoms. The molecule has 1 heterocycles. The number of carbonyl (C=O) groups is 1. The molecular weight excluding hydrogens is 559 g/mol. The van der Waals surface area contributed by atoms with Crippen molar-refractivity contribution < 1.29 is 41.3 Å². The van der Waals surface area contributed by atoms with Crippen LogP contribution in [0.1, 0.15) is 51.9 Å². The van der Waals surface area contributed by atoms with E-state index in [2.05, 4.69) is 16.8 Å². The van der Waals surface area contributed by atoms with E-state index >= 15 is 0 Å². The number of hydrogen-bond donors (Lipinski definition) is 2. The van der Waals surface area contributed by atoms with E-state index < -0.39 is 46.8 Å². The lowest BCUT2D eigenvalue weighted by Gasteiger charge is -2.42. The van der Waals surface area contributed by atoms with Crippen LogP contribution in [0.2, 0.25) is 0 Å². The summed E-state index contributed by atoms with van der Waals surface area (Å²) in [6.45, 7) is 6.80. The van der Waals surface area contributed by atoms with Crippen molar-refractivity contribution in [2.24, 2.45) is 5.92 Å². The first-order valence-electron chi connectivity index (χ1n) is 13.2. The van der Waals surface area contributed by atoms with Gasteiger partial charge in [-0.2, -0.15) is 0 Å². The van der Waals surface area contributed by atoms with Gasteiger partial charge in [0.2, 0.25) is 5.82 Å². The van der Waals surface area contributed by atoms with E-state index in [1.54, 1.807) is 30.3 Å². The Morgan fingerprint density at radius 3 is 2.02 bits per heavy atom. The molecule has 1 aliphatic rings. The summed E-state index contributed by atoms with van der Waals surface area (Å²) in [4.78, 5) is 14.4. The van der Waals surface area contributed by atoms with Gasteiger partial charge in [-0.1, -0.05) is 61.5 Å². The molecule has 1 saturated heterocycles. The third kappa shape index (κ3) is 6.70. The van der Waals surface area contributed by atoms with Crippen LogP contribution in [0.15, 0.2) is 61.2 Å². The van der Waals surface area contributed by atoms with E-state index in [1.165, 1.54) is 0 Å². The number of benzene rings is 3. The average Bonchev–Trinajstić information content (AvgIpc) is 2.99. The minimum absolute atomic E-state index is 0.0232. The monoisotopic (exact) mass is 590 g/mol. The van der Waals surface area contributed by atoms with Crippen molar-refractivity contribution in [2.75, 3.05) is 20.1 Å². The van der Waals surface area contributed by atoms with E-state index in [0.717, 1.165) is 11.1 Å². The van der Waals surface area contributed by atoms with Gasteiger partial charge in [-0.3, -0.25) is 4.79 Å². The van der Waals surface area contributed by atoms with Crippen molar-refractivity contribution >= 4 is 5.91 Å². The number of hydrogen-bond acceptors (Lipinski definition) is 5. The molecule has 6 nitrogen and oxygen atoms in total.